The average Bonchev–Trinajstić information content (AvgIpc) is 2.24. The van der Waals surface area contributed by atoms with Crippen LogP contribution in [-0.2, 0) is 0 Å². The summed E-state index contributed by atoms with van der Waals surface area (Å²) in [4.78, 5) is 18.7. The third-order valence-electron chi connectivity index (χ3n) is 2.53. The number of nitrogens with zero attached hydrogens (tertiary/aromatic N) is 2. The van der Waals surface area contributed by atoms with Gasteiger partial charge in [-0.05, 0) is 12.8 Å². The normalized spacial score (nSPS) is 12.5. The fraction of sp³-hybridized carbons (Fsp3) is 0.545. The monoisotopic (exact) mass is 239 g/mol. The second-order valence-corrected chi connectivity index (χ2v) is 4.18. The molecular formula is C11H17N3O3. The zero-order valence-corrected chi connectivity index (χ0v) is 10.1. The summed E-state index contributed by atoms with van der Waals surface area (Å²) in [6.07, 6.45) is 1.27. The molecule has 0 aromatic carbocycles. The Hall–Kier alpha value is -1.69. The van der Waals surface area contributed by atoms with Crippen molar-refractivity contribution in [3.05, 3.63) is 17.5 Å². The van der Waals surface area contributed by atoms with Crippen LogP contribution < -0.4 is 5.32 Å². The summed E-state index contributed by atoms with van der Waals surface area (Å²) >= 11 is 0. The van der Waals surface area contributed by atoms with Crippen LogP contribution in [0, 0.1) is 12.8 Å². The molecule has 1 heterocycles. The fourth-order valence-electron chi connectivity index (χ4n) is 1.34. The molecule has 6 nitrogen and oxygen atoms in total. The van der Waals surface area contributed by atoms with Crippen LogP contribution in [0.5, 0.6) is 0 Å². The van der Waals surface area contributed by atoms with Crippen LogP contribution in [0.25, 0.3) is 0 Å². The molecule has 0 aliphatic rings. The number of rotatable bonds is 5. The second kappa shape index (κ2) is 5.58. The van der Waals surface area contributed by atoms with Gasteiger partial charge in [-0.3, -0.25) is 0 Å². The molecule has 0 bridgehead atoms. The Balaban J connectivity index is 2.87. The quantitative estimate of drug-likeness (QED) is 0.707. The number of aliphatic hydroxyl groups is 1. The molecule has 17 heavy (non-hydrogen) atoms. The summed E-state index contributed by atoms with van der Waals surface area (Å²) in [5.41, 5.74) is 0.482. The Kier molecular flexibility index (Phi) is 4.39. The van der Waals surface area contributed by atoms with Gasteiger partial charge < -0.3 is 15.5 Å². The summed E-state index contributed by atoms with van der Waals surface area (Å²) < 4.78 is 0. The summed E-state index contributed by atoms with van der Waals surface area (Å²) in [5.74, 6) is -0.486. The van der Waals surface area contributed by atoms with E-state index in [1.54, 1.807) is 6.92 Å². The number of carboxylic acid groups (broad SMARTS) is 1. The number of hydrogen-bond acceptors (Lipinski definition) is 5. The van der Waals surface area contributed by atoms with Gasteiger partial charge in [0.15, 0.2) is 0 Å². The maximum atomic E-state index is 10.8. The van der Waals surface area contributed by atoms with E-state index in [2.05, 4.69) is 15.3 Å². The van der Waals surface area contributed by atoms with E-state index in [4.69, 9.17) is 10.2 Å². The maximum Gasteiger partial charge on any atom is 0.339 e. The smallest absolute Gasteiger partial charge is 0.339 e. The van der Waals surface area contributed by atoms with Gasteiger partial charge in [0.2, 0.25) is 5.95 Å². The number of carbonyl (C=O) groups is 1. The minimum atomic E-state index is -1.04. The van der Waals surface area contributed by atoms with Crippen LogP contribution >= 0.6 is 0 Å². The lowest BCUT2D eigenvalue weighted by Crippen LogP contribution is -2.30. The Morgan fingerprint density at radius 3 is 2.59 bits per heavy atom. The Morgan fingerprint density at radius 1 is 1.53 bits per heavy atom. The van der Waals surface area contributed by atoms with Crippen LogP contribution in [0.1, 0.15) is 29.9 Å². The minimum Gasteiger partial charge on any atom is -0.478 e. The molecule has 1 unspecified atom stereocenters. The highest BCUT2D eigenvalue weighted by atomic mass is 16.4. The topological polar surface area (TPSA) is 95.3 Å². The lowest BCUT2D eigenvalue weighted by Gasteiger charge is -2.19. The first-order valence-electron chi connectivity index (χ1n) is 5.40. The highest BCUT2D eigenvalue weighted by Gasteiger charge is 2.15. The number of carboxylic acids is 1. The third-order valence-corrected chi connectivity index (χ3v) is 2.53. The SMILES string of the molecule is Cc1nc(NC(CO)C(C)C)ncc1C(=O)O. The molecule has 0 aliphatic heterocycles. The van der Waals surface area contributed by atoms with Crippen LogP contribution in [-0.4, -0.2) is 38.8 Å². The Labute approximate surface area is 99.7 Å². The molecule has 1 aromatic rings. The van der Waals surface area contributed by atoms with Crippen molar-refractivity contribution < 1.29 is 15.0 Å². The van der Waals surface area contributed by atoms with Crippen molar-refractivity contribution >= 4 is 11.9 Å². The highest BCUT2D eigenvalue weighted by molar-refractivity contribution is 5.88. The first kappa shape index (κ1) is 13.4. The lowest BCUT2D eigenvalue weighted by molar-refractivity contribution is 0.0695. The molecule has 0 aliphatic carbocycles. The van der Waals surface area contributed by atoms with Crippen molar-refractivity contribution in [2.24, 2.45) is 5.92 Å². The molecule has 3 N–H and O–H groups in total. The van der Waals surface area contributed by atoms with Crippen LogP contribution in [0.15, 0.2) is 6.20 Å². The number of aryl methyl sites for hydroxylation is 1. The van der Waals surface area contributed by atoms with Crippen LogP contribution in [0.2, 0.25) is 0 Å². The van der Waals surface area contributed by atoms with E-state index < -0.39 is 5.97 Å². The van der Waals surface area contributed by atoms with E-state index in [-0.39, 0.29) is 24.1 Å². The number of aromatic nitrogens is 2. The molecule has 0 radical (unpaired) electrons. The van der Waals surface area contributed by atoms with Gasteiger partial charge in [0.25, 0.3) is 0 Å². The van der Waals surface area contributed by atoms with E-state index in [0.717, 1.165) is 0 Å². The van der Waals surface area contributed by atoms with Gasteiger partial charge in [-0.25, -0.2) is 14.8 Å². The summed E-state index contributed by atoms with van der Waals surface area (Å²) in [5, 5.41) is 21.0. The zero-order valence-electron chi connectivity index (χ0n) is 10.1. The molecule has 1 rings (SSSR count). The first-order valence-corrected chi connectivity index (χ1v) is 5.40. The average molecular weight is 239 g/mol. The van der Waals surface area contributed by atoms with Crippen LogP contribution in [0.3, 0.4) is 0 Å². The Morgan fingerprint density at radius 2 is 2.18 bits per heavy atom. The number of hydrogen-bond donors (Lipinski definition) is 3. The number of aliphatic hydroxyl groups excluding tert-OH is 1. The number of aromatic carboxylic acids is 1. The van der Waals surface area contributed by atoms with Crippen LogP contribution in [0.4, 0.5) is 5.95 Å². The molecule has 1 aromatic heterocycles. The van der Waals surface area contributed by atoms with Crippen molar-refractivity contribution in [2.75, 3.05) is 11.9 Å². The summed E-state index contributed by atoms with van der Waals surface area (Å²) in [6.45, 7) is 5.51. The lowest BCUT2D eigenvalue weighted by atomic mass is 10.1. The summed E-state index contributed by atoms with van der Waals surface area (Å²) in [7, 11) is 0. The van der Waals surface area contributed by atoms with Gasteiger partial charge in [0.05, 0.1) is 23.9 Å². The largest absolute Gasteiger partial charge is 0.478 e. The molecule has 0 amide bonds. The maximum absolute atomic E-state index is 10.8. The fourth-order valence-corrected chi connectivity index (χ4v) is 1.34. The Bertz CT molecular complexity index is 407. The molecule has 1 atom stereocenters. The van der Waals surface area contributed by atoms with Crippen molar-refractivity contribution in [1.82, 2.24) is 9.97 Å². The highest BCUT2D eigenvalue weighted by Crippen LogP contribution is 2.11. The molecular weight excluding hydrogens is 222 g/mol. The second-order valence-electron chi connectivity index (χ2n) is 4.18. The molecule has 0 saturated carbocycles. The molecule has 0 fully saturated rings. The van der Waals surface area contributed by atoms with E-state index in [1.165, 1.54) is 6.20 Å². The molecule has 94 valence electrons. The predicted molar refractivity (Wildman–Crippen MR) is 63.1 cm³/mol. The van der Waals surface area contributed by atoms with Gasteiger partial charge in [0.1, 0.15) is 0 Å². The van der Waals surface area contributed by atoms with Crippen molar-refractivity contribution in [1.29, 1.82) is 0 Å². The van der Waals surface area contributed by atoms with Gasteiger partial charge in [0, 0.05) is 6.20 Å². The predicted octanol–water partition coefficient (Wildman–Crippen LogP) is 0.912. The van der Waals surface area contributed by atoms with Gasteiger partial charge in [-0.2, -0.15) is 0 Å². The molecule has 6 heteroatoms. The standard InChI is InChI=1S/C11H17N3O3/c1-6(2)9(5-15)14-11-12-4-8(10(16)17)7(3)13-11/h4,6,9,15H,5H2,1-3H3,(H,16,17)(H,12,13,14). The van der Waals surface area contributed by atoms with Crippen molar-refractivity contribution in [3.8, 4) is 0 Å². The van der Waals surface area contributed by atoms with E-state index in [1.807, 2.05) is 13.8 Å². The molecule has 0 spiro atoms. The van der Waals surface area contributed by atoms with Crippen molar-refractivity contribution in [3.63, 3.8) is 0 Å². The summed E-state index contributed by atoms with van der Waals surface area (Å²) in [6, 6.07) is -0.148. The third kappa shape index (κ3) is 3.39. The molecule has 0 saturated heterocycles. The number of nitrogens with one attached hydrogen (secondary N) is 1. The van der Waals surface area contributed by atoms with Crippen molar-refractivity contribution in [2.45, 2.75) is 26.8 Å². The van der Waals surface area contributed by atoms with E-state index >= 15 is 0 Å². The number of anilines is 1. The zero-order chi connectivity index (χ0) is 13.0. The van der Waals surface area contributed by atoms with E-state index in [9.17, 15) is 4.79 Å². The minimum absolute atomic E-state index is 0.0270. The van der Waals surface area contributed by atoms with E-state index in [0.29, 0.717) is 11.6 Å². The first-order chi connectivity index (χ1) is 7.95. The van der Waals surface area contributed by atoms with Gasteiger partial charge >= 0.3 is 5.97 Å². The van der Waals surface area contributed by atoms with Gasteiger partial charge in [-0.1, -0.05) is 13.8 Å². The van der Waals surface area contributed by atoms with Gasteiger partial charge in [-0.15, -0.1) is 0 Å².